The number of benzene rings is 2. The third kappa shape index (κ3) is 4.39. The molecule has 29 heavy (non-hydrogen) atoms. The van der Waals surface area contributed by atoms with Crippen LogP contribution in [0.25, 0.3) is 0 Å². The minimum atomic E-state index is -4.53. The van der Waals surface area contributed by atoms with Gasteiger partial charge in [-0.25, -0.2) is 0 Å². The molecule has 1 aliphatic rings. The summed E-state index contributed by atoms with van der Waals surface area (Å²) in [5, 5.41) is 5.11. The Morgan fingerprint density at radius 3 is 2.52 bits per heavy atom. The highest BCUT2D eigenvalue weighted by Gasteiger charge is 2.37. The van der Waals surface area contributed by atoms with Crippen LogP contribution < -0.4 is 15.5 Å². The molecular formula is C20H18F3N3O3. The van der Waals surface area contributed by atoms with E-state index in [4.69, 9.17) is 0 Å². The van der Waals surface area contributed by atoms with Crippen LogP contribution in [0.5, 0.6) is 0 Å². The molecule has 0 spiro atoms. The molecule has 9 heteroatoms. The van der Waals surface area contributed by atoms with Crippen molar-refractivity contribution in [2.45, 2.75) is 12.6 Å². The van der Waals surface area contributed by atoms with Gasteiger partial charge >= 0.3 is 6.18 Å². The van der Waals surface area contributed by atoms with Gasteiger partial charge in [0.25, 0.3) is 5.91 Å². The average molecular weight is 405 g/mol. The molecule has 0 bridgehead atoms. The molecule has 6 nitrogen and oxygen atoms in total. The van der Waals surface area contributed by atoms with Crippen molar-refractivity contribution in [2.24, 2.45) is 5.92 Å². The van der Waals surface area contributed by atoms with Crippen LogP contribution in [-0.2, 0) is 15.8 Å². The highest BCUT2D eigenvalue weighted by Crippen LogP contribution is 2.33. The first kappa shape index (κ1) is 20.4. The first-order valence-electron chi connectivity index (χ1n) is 8.80. The molecule has 0 unspecified atom stereocenters. The number of amides is 3. The molecule has 0 radical (unpaired) electrons. The zero-order valence-electron chi connectivity index (χ0n) is 15.4. The van der Waals surface area contributed by atoms with E-state index in [1.54, 1.807) is 24.3 Å². The summed E-state index contributed by atoms with van der Waals surface area (Å²) in [6, 6.07) is 10.8. The first-order chi connectivity index (χ1) is 13.7. The van der Waals surface area contributed by atoms with Gasteiger partial charge in [-0.15, -0.1) is 0 Å². The van der Waals surface area contributed by atoms with Gasteiger partial charge in [0.1, 0.15) is 0 Å². The second kappa shape index (κ2) is 7.94. The summed E-state index contributed by atoms with van der Waals surface area (Å²) in [5.74, 6) is -2.06. The maximum absolute atomic E-state index is 12.9. The van der Waals surface area contributed by atoms with Crippen LogP contribution in [0.1, 0.15) is 22.3 Å². The van der Waals surface area contributed by atoms with Crippen molar-refractivity contribution in [3.8, 4) is 0 Å². The number of carbonyl (C=O) groups excluding carboxylic acids is 3. The van der Waals surface area contributed by atoms with Gasteiger partial charge in [0.2, 0.25) is 11.8 Å². The third-order valence-corrected chi connectivity index (χ3v) is 4.64. The fourth-order valence-electron chi connectivity index (χ4n) is 3.14. The number of para-hydroxylation sites is 1. The van der Waals surface area contributed by atoms with Gasteiger partial charge in [0.05, 0.1) is 22.7 Å². The molecule has 3 amide bonds. The Bertz CT molecular complexity index is 959. The molecule has 0 aliphatic carbocycles. The fraction of sp³-hybridized carbons (Fsp3) is 0.250. The number of carbonyl (C=O) groups is 3. The summed E-state index contributed by atoms with van der Waals surface area (Å²) in [4.78, 5) is 38.0. The Balaban J connectivity index is 1.76. The molecule has 2 N–H and O–H groups in total. The highest BCUT2D eigenvalue weighted by atomic mass is 19.4. The van der Waals surface area contributed by atoms with Crippen molar-refractivity contribution in [1.82, 2.24) is 5.32 Å². The fourth-order valence-corrected chi connectivity index (χ4v) is 3.14. The highest BCUT2D eigenvalue weighted by molar-refractivity contribution is 6.07. The summed E-state index contributed by atoms with van der Waals surface area (Å²) in [6.07, 6.45) is -4.66. The number of rotatable bonds is 4. The van der Waals surface area contributed by atoms with Gasteiger partial charge in [0, 0.05) is 25.7 Å². The van der Waals surface area contributed by atoms with Crippen molar-refractivity contribution < 1.29 is 27.6 Å². The molecule has 1 saturated heterocycles. The SMILES string of the molecule is CNC(=O)c1ccccc1NC(=O)[C@H]1CC(=O)N(c2cccc(C(F)(F)F)c2)C1. The summed E-state index contributed by atoms with van der Waals surface area (Å²) in [6.45, 7) is -0.0475. The molecule has 152 valence electrons. The summed E-state index contributed by atoms with van der Waals surface area (Å²) >= 11 is 0. The van der Waals surface area contributed by atoms with Gasteiger partial charge in [-0.3, -0.25) is 14.4 Å². The van der Waals surface area contributed by atoms with E-state index in [0.717, 1.165) is 12.1 Å². The van der Waals surface area contributed by atoms with Crippen LogP contribution in [0.2, 0.25) is 0 Å². The number of hydrogen-bond acceptors (Lipinski definition) is 3. The first-order valence-corrected chi connectivity index (χ1v) is 8.80. The third-order valence-electron chi connectivity index (χ3n) is 4.64. The van der Waals surface area contributed by atoms with E-state index in [1.165, 1.54) is 24.1 Å². The molecule has 2 aromatic carbocycles. The smallest absolute Gasteiger partial charge is 0.355 e. The topological polar surface area (TPSA) is 78.5 Å². The van der Waals surface area contributed by atoms with E-state index in [-0.39, 0.29) is 30.1 Å². The average Bonchev–Trinajstić information content (AvgIpc) is 3.09. The maximum Gasteiger partial charge on any atom is 0.416 e. The molecule has 0 saturated carbocycles. The molecule has 1 atom stereocenters. The lowest BCUT2D eigenvalue weighted by Gasteiger charge is -2.18. The predicted octanol–water partition coefficient (Wildman–Crippen LogP) is 3.06. The van der Waals surface area contributed by atoms with Crippen LogP contribution in [0.4, 0.5) is 24.5 Å². The van der Waals surface area contributed by atoms with Crippen molar-refractivity contribution in [3.05, 3.63) is 59.7 Å². The quantitative estimate of drug-likeness (QED) is 0.821. The Morgan fingerprint density at radius 2 is 1.83 bits per heavy atom. The number of nitrogens with zero attached hydrogens (tertiary/aromatic N) is 1. The molecule has 1 heterocycles. The van der Waals surface area contributed by atoms with Gasteiger partial charge < -0.3 is 15.5 Å². The molecule has 1 fully saturated rings. The second-order valence-corrected chi connectivity index (χ2v) is 6.57. The number of nitrogens with one attached hydrogen (secondary N) is 2. The van der Waals surface area contributed by atoms with Crippen molar-refractivity contribution in [1.29, 1.82) is 0 Å². The Kier molecular flexibility index (Phi) is 5.58. The van der Waals surface area contributed by atoms with E-state index >= 15 is 0 Å². The summed E-state index contributed by atoms with van der Waals surface area (Å²) < 4.78 is 38.8. The lowest BCUT2D eigenvalue weighted by atomic mass is 10.1. The van der Waals surface area contributed by atoms with Gasteiger partial charge in [-0.2, -0.15) is 13.2 Å². The van der Waals surface area contributed by atoms with E-state index in [9.17, 15) is 27.6 Å². The van der Waals surface area contributed by atoms with Crippen LogP contribution >= 0.6 is 0 Å². The lowest BCUT2D eigenvalue weighted by molar-refractivity contribution is -0.137. The Hall–Kier alpha value is -3.36. The molecule has 1 aliphatic heterocycles. The lowest BCUT2D eigenvalue weighted by Crippen LogP contribution is -2.29. The monoisotopic (exact) mass is 405 g/mol. The van der Waals surface area contributed by atoms with Crippen LogP contribution in [-0.4, -0.2) is 31.3 Å². The van der Waals surface area contributed by atoms with E-state index in [0.29, 0.717) is 5.69 Å². The normalized spacial score (nSPS) is 16.6. The minimum Gasteiger partial charge on any atom is -0.355 e. The molecule has 0 aromatic heterocycles. The van der Waals surface area contributed by atoms with Crippen molar-refractivity contribution >= 4 is 29.1 Å². The van der Waals surface area contributed by atoms with Gasteiger partial charge in [-0.05, 0) is 30.3 Å². The van der Waals surface area contributed by atoms with Crippen LogP contribution in [0, 0.1) is 5.92 Å². The molecular weight excluding hydrogens is 387 g/mol. The molecule has 2 aromatic rings. The number of anilines is 2. The summed E-state index contributed by atoms with van der Waals surface area (Å²) in [5.41, 5.74) is -0.217. The van der Waals surface area contributed by atoms with Crippen molar-refractivity contribution in [2.75, 3.05) is 23.8 Å². The van der Waals surface area contributed by atoms with Gasteiger partial charge in [-0.1, -0.05) is 18.2 Å². The number of hydrogen-bond donors (Lipinski definition) is 2. The number of halogens is 3. The molecule has 3 rings (SSSR count). The van der Waals surface area contributed by atoms with Crippen LogP contribution in [0.3, 0.4) is 0 Å². The zero-order chi connectivity index (χ0) is 21.2. The Labute approximate surface area is 164 Å². The van der Waals surface area contributed by atoms with Gasteiger partial charge in [0.15, 0.2) is 0 Å². The van der Waals surface area contributed by atoms with E-state index in [1.807, 2.05) is 0 Å². The second-order valence-electron chi connectivity index (χ2n) is 6.57. The number of alkyl halides is 3. The zero-order valence-corrected chi connectivity index (χ0v) is 15.4. The maximum atomic E-state index is 12.9. The largest absolute Gasteiger partial charge is 0.416 e. The predicted molar refractivity (Wildman–Crippen MR) is 100 cm³/mol. The Morgan fingerprint density at radius 1 is 1.10 bits per heavy atom. The van der Waals surface area contributed by atoms with E-state index < -0.39 is 29.5 Å². The van der Waals surface area contributed by atoms with Crippen LogP contribution in [0.15, 0.2) is 48.5 Å². The minimum absolute atomic E-state index is 0.0475. The standard InChI is InChI=1S/C20H18F3N3O3/c1-24-19(29)15-7-2-3-8-16(15)25-18(28)12-9-17(27)26(11-12)14-6-4-5-13(10-14)20(21,22)23/h2-8,10,12H,9,11H2,1H3,(H,24,29)(H,25,28)/t12-/m0/s1. The van der Waals surface area contributed by atoms with E-state index in [2.05, 4.69) is 10.6 Å². The summed E-state index contributed by atoms with van der Waals surface area (Å²) in [7, 11) is 1.46. The van der Waals surface area contributed by atoms with Crippen molar-refractivity contribution in [3.63, 3.8) is 0 Å².